The molecule has 4 aliphatic carbocycles. The number of carbonyl (C=O) groups is 1. The number of hydrogen-bond acceptors (Lipinski definition) is 10. The van der Waals surface area contributed by atoms with Gasteiger partial charge in [-0.3, -0.25) is 14.2 Å². The Hall–Kier alpha value is -3.27. The van der Waals surface area contributed by atoms with E-state index in [1.807, 2.05) is 0 Å². The molecule has 2 aromatic carbocycles. The first kappa shape index (κ1) is 50.7. The van der Waals surface area contributed by atoms with E-state index in [9.17, 15) is 31.8 Å². The van der Waals surface area contributed by atoms with Crippen molar-refractivity contribution in [3.63, 3.8) is 0 Å². The SMILES string of the molecule is CC(=O)NCCN(c1cnn(C)c1)S(=O)(=O)N=C([O-])Cc1c2c(cc3c1CCC3)CCC2.Cn1cc(N(CCN)S(=O)(=O)N=C([O-])Cc2c3c(cc4c2CCC4)CCC3)cn1.[Na+].[Na+]. The van der Waals surface area contributed by atoms with Crippen LogP contribution in [0.3, 0.4) is 0 Å². The van der Waals surface area contributed by atoms with E-state index >= 15 is 0 Å². The number of nitrogens with one attached hydrogen (secondary N) is 1. The summed E-state index contributed by atoms with van der Waals surface area (Å²) in [6, 6.07) is 4.57. The molecule has 4 aromatic rings. The van der Waals surface area contributed by atoms with Gasteiger partial charge in [-0.2, -0.15) is 35.8 Å². The topological polar surface area (TPSA) is 236 Å². The Morgan fingerprint density at radius 1 is 0.683 bits per heavy atom. The number of rotatable bonds is 15. The first-order valence-corrected chi connectivity index (χ1v) is 23.7. The van der Waals surface area contributed by atoms with Gasteiger partial charge in [0.15, 0.2) is 0 Å². The summed E-state index contributed by atoms with van der Waals surface area (Å²) in [5.74, 6) is -1.58. The molecule has 1 amide bonds. The van der Waals surface area contributed by atoms with Gasteiger partial charge in [0.25, 0.3) is 0 Å². The molecule has 0 fully saturated rings. The first-order chi connectivity index (χ1) is 29.1. The van der Waals surface area contributed by atoms with E-state index in [-0.39, 0.29) is 110 Å². The predicted molar refractivity (Wildman–Crippen MR) is 230 cm³/mol. The van der Waals surface area contributed by atoms with Gasteiger partial charge in [0.1, 0.15) is 0 Å². The molecule has 0 unspecified atom stereocenters. The molecule has 21 heteroatoms. The van der Waals surface area contributed by atoms with Crippen LogP contribution >= 0.6 is 0 Å². The minimum Gasteiger partial charge on any atom is -0.861 e. The minimum absolute atomic E-state index is 0. The fraction of sp³-hybridized carbons (Fsp3) is 0.500. The Morgan fingerprint density at radius 3 is 1.37 bits per heavy atom. The van der Waals surface area contributed by atoms with Crippen molar-refractivity contribution in [2.75, 3.05) is 34.8 Å². The van der Waals surface area contributed by atoms with E-state index in [2.05, 4.69) is 36.4 Å². The number of nitrogens with zero attached hydrogens (tertiary/aromatic N) is 8. The van der Waals surface area contributed by atoms with E-state index in [4.69, 9.17) is 5.73 Å². The Morgan fingerprint density at radius 2 is 1.05 bits per heavy atom. The molecule has 0 aliphatic heterocycles. The second kappa shape index (κ2) is 21.8. The van der Waals surface area contributed by atoms with E-state index in [1.165, 1.54) is 79.4 Å². The summed E-state index contributed by atoms with van der Waals surface area (Å²) < 4.78 is 64.1. The summed E-state index contributed by atoms with van der Waals surface area (Å²) in [5, 5.41) is 36.2. The third-order valence-corrected chi connectivity index (χ3v) is 14.6. The van der Waals surface area contributed by atoms with Gasteiger partial charge in [-0.15, -0.1) is 0 Å². The molecule has 2 aromatic heterocycles. The van der Waals surface area contributed by atoms with Crippen LogP contribution in [0.1, 0.15) is 88.2 Å². The summed E-state index contributed by atoms with van der Waals surface area (Å²) in [6.07, 6.45) is 18.1. The molecule has 4 aliphatic rings. The summed E-state index contributed by atoms with van der Waals surface area (Å²) >= 11 is 0. The van der Waals surface area contributed by atoms with Crippen molar-refractivity contribution in [2.24, 2.45) is 28.6 Å². The maximum absolute atomic E-state index is 13.1. The number of benzene rings is 2. The number of aromatic nitrogens is 4. The summed E-state index contributed by atoms with van der Waals surface area (Å²) in [4.78, 5) is 11.2. The molecule has 328 valence electrons. The number of nitrogens with two attached hydrogens (primary N) is 1. The predicted octanol–water partition coefficient (Wildman–Crippen LogP) is -5.00. The number of aryl methyl sites for hydroxylation is 6. The largest absolute Gasteiger partial charge is 1.00 e. The van der Waals surface area contributed by atoms with Crippen molar-refractivity contribution in [1.29, 1.82) is 0 Å². The van der Waals surface area contributed by atoms with E-state index in [0.717, 1.165) is 96.8 Å². The van der Waals surface area contributed by atoms with Gasteiger partial charge in [0.05, 0.1) is 30.3 Å². The van der Waals surface area contributed by atoms with E-state index < -0.39 is 32.2 Å². The molecule has 0 atom stereocenters. The van der Waals surface area contributed by atoms with Gasteiger partial charge in [0, 0.05) is 65.9 Å². The van der Waals surface area contributed by atoms with Gasteiger partial charge in [-0.05, 0) is 144 Å². The molecule has 17 nitrogen and oxygen atoms in total. The molecular weight excluding hydrogens is 867 g/mol. The van der Waals surface area contributed by atoms with Gasteiger partial charge in [0.2, 0.25) is 5.91 Å². The van der Waals surface area contributed by atoms with Crippen LogP contribution in [0.15, 0.2) is 45.7 Å². The van der Waals surface area contributed by atoms with Crippen molar-refractivity contribution < 1.29 is 91.0 Å². The zero-order valence-corrected chi connectivity index (χ0v) is 42.7. The van der Waals surface area contributed by atoms with Crippen molar-refractivity contribution in [2.45, 2.75) is 96.8 Å². The number of amides is 1. The number of anilines is 2. The maximum Gasteiger partial charge on any atom is 1.00 e. The second-order valence-corrected chi connectivity index (χ2v) is 19.2. The molecule has 63 heavy (non-hydrogen) atoms. The van der Waals surface area contributed by atoms with Gasteiger partial charge < -0.3 is 21.3 Å². The van der Waals surface area contributed by atoms with Crippen molar-refractivity contribution in [3.8, 4) is 0 Å². The monoisotopic (exact) mass is 920 g/mol. The van der Waals surface area contributed by atoms with Gasteiger partial charge in [-0.1, -0.05) is 12.1 Å². The van der Waals surface area contributed by atoms with Gasteiger partial charge in [-0.25, -0.2) is 8.61 Å². The van der Waals surface area contributed by atoms with Crippen LogP contribution in [0.5, 0.6) is 0 Å². The van der Waals surface area contributed by atoms with Gasteiger partial charge >= 0.3 is 79.5 Å². The molecule has 0 bridgehead atoms. The molecule has 0 saturated carbocycles. The Balaban J connectivity index is 0.000000231. The molecule has 3 N–H and O–H groups in total. The maximum atomic E-state index is 13.1. The molecule has 0 saturated heterocycles. The van der Waals surface area contributed by atoms with Crippen LogP contribution in [0.4, 0.5) is 11.4 Å². The minimum atomic E-state index is -4.30. The first-order valence-electron chi connectivity index (χ1n) is 20.9. The van der Waals surface area contributed by atoms with Crippen molar-refractivity contribution in [1.82, 2.24) is 24.9 Å². The van der Waals surface area contributed by atoms with Crippen LogP contribution in [0, 0.1) is 0 Å². The van der Waals surface area contributed by atoms with Crippen molar-refractivity contribution >= 4 is 49.5 Å². The Bertz CT molecular complexity index is 2530. The van der Waals surface area contributed by atoms with Crippen molar-refractivity contribution in [3.05, 3.63) is 92.6 Å². The molecule has 0 spiro atoms. The third-order valence-electron chi connectivity index (χ3n) is 11.8. The van der Waals surface area contributed by atoms with Crippen LogP contribution in [0.2, 0.25) is 0 Å². The number of carbonyl (C=O) groups excluding carboxylic acids is 1. The molecule has 2 heterocycles. The summed E-state index contributed by atoms with van der Waals surface area (Å²) in [7, 11) is -5.14. The second-order valence-electron chi connectivity index (χ2n) is 16.1. The summed E-state index contributed by atoms with van der Waals surface area (Å²) in [6.45, 7) is 1.53. The van der Waals surface area contributed by atoms with Crippen LogP contribution in [-0.2, 0) is 104 Å². The Labute approximate surface area is 414 Å². The quantitative estimate of drug-likeness (QED) is 0.0655. The molecule has 8 rings (SSSR count). The fourth-order valence-corrected chi connectivity index (χ4v) is 11.5. The van der Waals surface area contributed by atoms with Crippen LogP contribution in [0.25, 0.3) is 0 Å². The third kappa shape index (κ3) is 12.0. The van der Waals surface area contributed by atoms with Crippen LogP contribution in [-0.4, -0.2) is 80.3 Å². The molecule has 0 radical (unpaired) electrons. The average molecular weight is 921 g/mol. The Kier molecular flexibility index (Phi) is 17.6. The van der Waals surface area contributed by atoms with E-state index in [1.54, 1.807) is 20.3 Å². The molecular formula is C42H54N10Na2O7S2. The van der Waals surface area contributed by atoms with Crippen LogP contribution < -0.4 is 89.0 Å². The zero-order valence-electron chi connectivity index (χ0n) is 37.0. The average Bonchev–Trinajstić information content (AvgIpc) is 4.05. The standard InChI is InChI=1S/C22H29N5O4S.C20H27N5O3S.2Na/c1-15(28)23-9-10-27(18-13-24-26(2)14-18)32(30,31)25-22(29)12-21-19-7-3-5-16(19)11-17-6-4-8-20(17)21;1-24-13-16(12-22-24)25(9-8-21)29(27,28)23-20(26)11-19-17-6-2-4-14(17)10-15-5-3-7-18(15)19;;/h11,13-14H,3-10,12H2,1-2H3,(H,23,28)(H,25,29);10,12-13H,2-9,11,21H2,1H3,(H,23,26);;/q;;2*+1/p-2. The normalized spacial score (nSPS) is 15.3. The fourth-order valence-electron chi connectivity index (χ4n) is 9.30. The summed E-state index contributed by atoms with van der Waals surface area (Å²) in [5.41, 5.74) is 18.3. The zero-order chi connectivity index (χ0) is 43.5. The number of hydrogen-bond donors (Lipinski definition) is 2. The number of fused-ring (bicyclic) bond motifs is 4. The smallest absolute Gasteiger partial charge is 0.861 e. The van der Waals surface area contributed by atoms with E-state index in [0.29, 0.717) is 5.69 Å².